The van der Waals surface area contributed by atoms with E-state index in [9.17, 15) is 14.4 Å². The molecule has 1 unspecified atom stereocenters. The smallest absolute Gasteiger partial charge is 0.335 e. The Balaban J connectivity index is 3.88. The number of benzene rings is 1. The van der Waals surface area contributed by atoms with Crippen molar-refractivity contribution in [3.63, 3.8) is 0 Å². The number of hydrazine groups is 1. The largest absolute Gasteiger partial charge is 0.467 e. The Morgan fingerprint density at radius 1 is 0.793 bits per heavy atom. The van der Waals surface area contributed by atoms with Gasteiger partial charge in [0.1, 0.15) is 0 Å². The van der Waals surface area contributed by atoms with E-state index in [0.717, 1.165) is 7.11 Å². The van der Waals surface area contributed by atoms with E-state index in [0.29, 0.717) is 0 Å². The molecule has 0 aliphatic rings. The van der Waals surface area contributed by atoms with Crippen LogP contribution in [0, 0.1) is 10.8 Å². The molecule has 0 spiro atoms. The maximum absolute atomic E-state index is 12.9. The minimum absolute atomic E-state index is 0.237. The first kappa shape index (κ1) is 24.6. The highest BCUT2D eigenvalue weighted by Crippen LogP contribution is 2.42. The summed E-state index contributed by atoms with van der Waals surface area (Å²) in [5, 5.41) is 0. The monoisotopic (exact) mass is 408 g/mol. The lowest BCUT2D eigenvalue weighted by Crippen LogP contribution is -2.69. The molecule has 8 nitrogen and oxygen atoms in total. The molecule has 0 saturated carbocycles. The van der Waals surface area contributed by atoms with Crippen molar-refractivity contribution in [2.45, 2.75) is 59.8 Å². The lowest BCUT2D eigenvalue weighted by molar-refractivity contribution is -0.272. The van der Waals surface area contributed by atoms with E-state index >= 15 is 0 Å². The van der Waals surface area contributed by atoms with Crippen molar-refractivity contribution >= 4 is 17.9 Å². The summed E-state index contributed by atoms with van der Waals surface area (Å²) in [6, 6.07) is 8.20. The van der Waals surface area contributed by atoms with Crippen LogP contribution in [0.15, 0.2) is 30.3 Å². The number of ether oxygens (including phenoxy) is 3. The molecule has 29 heavy (non-hydrogen) atoms. The number of esters is 3. The first-order chi connectivity index (χ1) is 13.2. The molecule has 1 aromatic rings. The second-order valence-electron chi connectivity index (χ2n) is 9.02. The van der Waals surface area contributed by atoms with Crippen molar-refractivity contribution in [2.75, 3.05) is 7.11 Å². The highest BCUT2D eigenvalue weighted by molar-refractivity contribution is 5.85. The van der Waals surface area contributed by atoms with Gasteiger partial charge in [0.05, 0.1) is 17.9 Å². The highest BCUT2D eigenvalue weighted by atomic mass is 16.7. The van der Waals surface area contributed by atoms with E-state index < -0.39 is 40.1 Å². The van der Waals surface area contributed by atoms with Crippen molar-refractivity contribution in [1.29, 1.82) is 0 Å². The molecule has 8 heteroatoms. The van der Waals surface area contributed by atoms with Gasteiger partial charge in [-0.3, -0.25) is 15.4 Å². The molecule has 0 aromatic heterocycles. The Morgan fingerprint density at radius 2 is 1.21 bits per heavy atom. The van der Waals surface area contributed by atoms with Gasteiger partial charge in [-0.25, -0.2) is 10.2 Å². The van der Waals surface area contributed by atoms with Gasteiger partial charge in [0.2, 0.25) is 5.54 Å². The van der Waals surface area contributed by atoms with E-state index in [2.05, 4.69) is 5.43 Å². The number of hydrogen-bond acceptors (Lipinski definition) is 8. The second-order valence-corrected chi connectivity index (χ2v) is 9.02. The van der Waals surface area contributed by atoms with Crippen LogP contribution in [0.2, 0.25) is 0 Å². The summed E-state index contributed by atoms with van der Waals surface area (Å²) in [6.45, 7) is 11.2. The van der Waals surface area contributed by atoms with Gasteiger partial charge in [-0.15, -0.1) is 0 Å². The van der Waals surface area contributed by atoms with E-state index in [-0.39, 0.29) is 5.56 Å². The molecule has 1 atom stereocenters. The molecule has 1 rings (SSSR count). The maximum atomic E-state index is 12.9. The first-order valence-corrected chi connectivity index (χ1v) is 9.24. The van der Waals surface area contributed by atoms with Crippen LogP contribution < -0.4 is 11.3 Å². The minimum atomic E-state index is -2.23. The van der Waals surface area contributed by atoms with E-state index in [1.54, 1.807) is 71.9 Å². The van der Waals surface area contributed by atoms with Gasteiger partial charge in [-0.1, -0.05) is 30.3 Å². The Kier molecular flexibility index (Phi) is 7.21. The fraction of sp³-hybridized carbons (Fsp3) is 0.571. The van der Waals surface area contributed by atoms with Crippen LogP contribution >= 0.6 is 0 Å². The van der Waals surface area contributed by atoms with Gasteiger partial charge in [0.25, 0.3) is 0 Å². The fourth-order valence-electron chi connectivity index (χ4n) is 2.35. The number of nitrogens with two attached hydrogens (primary N) is 1. The second kappa shape index (κ2) is 8.51. The molecule has 3 N–H and O–H groups in total. The van der Waals surface area contributed by atoms with E-state index in [1.165, 1.54) is 6.92 Å². The SMILES string of the molecule is COC(=O)C(C)(NN)C(OC(=O)C(C)(C)C)(OC(=O)C(C)(C)C)c1ccccc1. The lowest BCUT2D eigenvalue weighted by Gasteiger charge is -2.45. The molecule has 1 aromatic carbocycles. The van der Waals surface area contributed by atoms with E-state index in [1.807, 2.05) is 0 Å². The molecule has 0 bridgehead atoms. The number of carbonyl (C=O) groups is 3. The number of nitrogens with one attached hydrogen (secondary N) is 1. The molecule has 0 aliphatic heterocycles. The molecule has 0 radical (unpaired) electrons. The van der Waals surface area contributed by atoms with Gasteiger partial charge in [-0.2, -0.15) is 0 Å². The summed E-state index contributed by atoms with van der Waals surface area (Å²) in [7, 11) is 1.16. The summed E-state index contributed by atoms with van der Waals surface area (Å²) >= 11 is 0. The number of hydrogen-bond donors (Lipinski definition) is 2. The quantitative estimate of drug-likeness (QED) is 0.319. The summed E-state index contributed by atoms with van der Waals surface area (Å²) < 4.78 is 16.5. The zero-order valence-corrected chi connectivity index (χ0v) is 18.4. The molecule has 0 aliphatic carbocycles. The van der Waals surface area contributed by atoms with E-state index in [4.69, 9.17) is 20.1 Å². The molecule has 0 saturated heterocycles. The van der Waals surface area contributed by atoms with Gasteiger partial charge in [-0.05, 0) is 48.5 Å². The Bertz CT molecular complexity index is 721. The van der Waals surface area contributed by atoms with Gasteiger partial charge in [0.15, 0.2) is 0 Å². The average Bonchev–Trinajstić information content (AvgIpc) is 2.64. The topological polar surface area (TPSA) is 117 Å². The molecule has 0 fully saturated rings. The minimum Gasteiger partial charge on any atom is -0.467 e. The zero-order chi connectivity index (χ0) is 22.7. The van der Waals surface area contributed by atoms with Gasteiger partial charge >= 0.3 is 23.7 Å². The molecule has 162 valence electrons. The molecule has 0 amide bonds. The summed E-state index contributed by atoms with van der Waals surface area (Å²) in [6.07, 6.45) is 0. The van der Waals surface area contributed by atoms with Gasteiger partial charge in [0, 0.05) is 5.56 Å². The van der Waals surface area contributed by atoms with Crippen LogP contribution in [0.3, 0.4) is 0 Å². The Hall–Kier alpha value is -2.45. The van der Waals surface area contributed by atoms with Crippen molar-refractivity contribution in [2.24, 2.45) is 16.7 Å². The molecule has 0 heterocycles. The van der Waals surface area contributed by atoms with Crippen LogP contribution in [-0.2, 0) is 34.4 Å². The molecular formula is C21H32N2O6. The van der Waals surface area contributed by atoms with Crippen LogP contribution in [0.5, 0.6) is 0 Å². The maximum Gasteiger partial charge on any atom is 0.335 e. The summed E-state index contributed by atoms with van der Waals surface area (Å²) in [4.78, 5) is 38.6. The fourth-order valence-corrected chi connectivity index (χ4v) is 2.35. The van der Waals surface area contributed by atoms with Crippen molar-refractivity contribution in [3.05, 3.63) is 35.9 Å². The average molecular weight is 408 g/mol. The number of carbonyl (C=O) groups excluding carboxylic acids is 3. The van der Waals surface area contributed by atoms with Crippen LogP contribution in [0.4, 0.5) is 0 Å². The third-order valence-electron chi connectivity index (χ3n) is 4.39. The van der Waals surface area contributed by atoms with Crippen molar-refractivity contribution in [1.82, 2.24) is 5.43 Å². The van der Waals surface area contributed by atoms with Crippen LogP contribution in [-0.4, -0.2) is 30.6 Å². The summed E-state index contributed by atoms with van der Waals surface area (Å²) in [5.41, 5.74) is -1.28. The number of methoxy groups -OCH3 is 1. The Morgan fingerprint density at radius 3 is 1.52 bits per heavy atom. The predicted octanol–water partition coefficient (Wildman–Crippen LogP) is 2.41. The first-order valence-electron chi connectivity index (χ1n) is 9.24. The van der Waals surface area contributed by atoms with Gasteiger partial charge < -0.3 is 14.2 Å². The Labute approximate surface area is 172 Å². The highest BCUT2D eigenvalue weighted by Gasteiger charge is 2.63. The normalized spacial score (nSPS) is 14.5. The third kappa shape index (κ3) is 4.94. The molecular weight excluding hydrogens is 376 g/mol. The van der Waals surface area contributed by atoms with Crippen LogP contribution in [0.25, 0.3) is 0 Å². The van der Waals surface area contributed by atoms with Crippen molar-refractivity contribution < 1.29 is 28.6 Å². The standard InChI is InChI=1S/C21H32N2O6/c1-18(2,3)15(24)28-21(14-12-10-9-11-13-14,29-16(25)19(4,5)6)20(7,23-22)17(26)27-8/h9-13,23H,22H2,1-8H3. The van der Waals surface area contributed by atoms with Crippen molar-refractivity contribution in [3.8, 4) is 0 Å². The number of rotatable bonds is 6. The summed E-state index contributed by atoms with van der Waals surface area (Å²) in [5.74, 6) is 1.23. The predicted molar refractivity (Wildman–Crippen MR) is 107 cm³/mol. The lowest BCUT2D eigenvalue weighted by atomic mass is 9.84. The van der Waals surface area contributed by atoms with Crippen LogP contribution in [0.1, 0.15) is 54.0 Å². The zero-order valence-electron chi connectivity index (χ0n) is 18.4. The third-order valence-corrected chi connectivity index (χ3v) is 4.39.